The van der Waals surface area contributed by atoms with Gasteiger partial charge in [0.1, 0.15) is 6.10 Å². The van der Waals surface area contributed by atoms with Crippen molar-refractivity contribution in [3.05, 3.63) is 40.4 Å². The highest BCUT2D eigenvalue weighted by atomic mass is 35.5. The number of hydrogen-bond acceptors (Lipinski definition) is 4. The largest absolute Gasteiger partial charge is 0.462 e. The number of fused-ring (bicyclic) bond motifs is 2. The first-order valence-electron chi connectivity index (χ1n) is 11.6. The molecule has 4 nitrogen and oxygen atoms in total. The molecule has 5 rings (SSSR count). The van der Waals surface area contributed by atoms with Gasteiger partial charge in [0.05, 0.1) is 5.92 Å². The number of carbonyl (C=O) groups excluding carboxylic acids is 1. The van der Waals surface area contributed by atoms with Gasteiger partial charge in [-0.1, -0.05) is 35.7 Å². The van der Waals surface area contributed by atoms with Crippen LogP contribution in [0.15, 0.2) is 35.4 Å². The van der Waals surface area contributed by atoms with E-state index in [0.717, 1.165) is 50.6 Å². The van der Waals surface area contributed by atoms with Crippen molar-refractivity contribution >= 4 is 23.3 Å². The van der Waals surface area contributed by atoms with Crippen molar-refractivity contribution in [2.24, 2.45) is 17.3 Å². The van der Waals surface area contributed by atoms with E-state index in [1.807, 2.05) is 18.2 Å². The lowest BCUT2D eigenvalue weighted by Crippen LogP contribution is -2.49. The Morgan fingerprint density at radius 1 is 1.23 bits per heavy atom. The third-order valence-corrected chi connectivity index (χ3v) is 8.42. The summed E-state index contributed by atoms with van der Waals surface area (Å²) in [7, 11) is 0. The van der Waals surface area contributed by atoms with E-state index in [9.17, 15) is 4.79 Å². The van der Waals surface area contributed by atoms with Crippen LogP contribution in [-0.4, -0.2) is 49.7 Å². The average molecular weight is 429 g/mol. The fraction of sp³-hybridized carbons (Fsp3) is 0.640. The van der Waals surface area contributed by atoms with E-state index in [1.54, 1.807) is 11.1 Å². The predicted octanol–water partition coefficient (Wildman–Crippen LogP) is 4.92. The number of anilines is 1. The molecule has 0 unspecified atom stereocenters. The molecule has 2 aliphatic carbocycles. The predicted molar refractivity (Wildman–Crippen MR) is 121 cm³/mol. The first-order valence-corrected chi connectivity index (χ1v) is 11.9. The molecule has 2 saturated heterocycles. The average Bonchev–Trinajstić information content (AvgIpc) is 3.01. The highest BCUT2D eigenvalue weighted by Gasteiger charge is 2.53. The Hall–Kier alpha value is -1.52. The van der Waals surface area contributed by atoms with Crippen LogP contribution in [0.25, 0.3) is 0 Å². The molecule has 5 heteroatoms. The summed E-state index contributed by atoms with van der Waals surface area (Å²) in [5.74, 6) is 0.432. The summed E-state index contributed by atoms with van der Waals surface area (Å²) < 4.78 is 5.96. The van der Waals surface area contributed by atoms with Gasteiger partial charge >= 0.3 is 5.97 Å². The number of piperazine rings is 1. The van der Waals surface area contributed by atoms with Gasteiger partial charge in [-0.25, -0.2) is 0 Å². The maximum atomic E-state index is 12.8. The molecule has 162 valence electrons. The normalized spacial score (nSPS) is 34.6. The smallest absolute Gasteiger partial charge is 0.310 e. The first-order chi connectivity index (χ1) is 14.4. The van der Waals surface area contributed by atoms with Crippen LogP contribution < -0.4 is 4.90 Å². The number of hydrogen-bond donors (Lipinski definition) is 0. The molecule has 0 bridgehead atoms. The molecule has 1 aromatic carbocycles. The molecule has 0 amide bonds. The maximum absolute atomic E-state index is 12.8. The zero-order valence-electron chi connectivity index (χ0n) is 18.2. The number of carbonyl (C=O) groups is 1. The van der Waals surface area contributed by atoms with Crippen molar-refractivity contribution in [2.45, 2.75) is 52.1 Å². The van der Waals surface area contributed by atoms with Gasteiger partial charge in [-0.15, -0.1) is 0 Å². The second kappa shape index (κ2) is 7.87. The van der Waals surface area contributed by atoms with Gasteiger partial charge in [-0.05, 0) is 62.6 Å². The molecule has 0 spiro atoms. The Bertz CT molecular complexity index is 860. The Kier molecular flexibility index (Phi) is 5.35. The molecular weight excluding hydrogens is 396 g/mol. The molecule has 1 saturated carbocycles. The third-order valence-electron chi connectivity index (χ3n) is 8.18. The van der Waals surface area contributed by atoms with Crippen molar-refractivity contribution < 1.29 is 9.53 Å². The van der Waals surface area contributed by atoms with E-state index in [-0.39, 0.29) is 23.4 Å². The van der Waals surface area contributed by atoms with Crippen LogP contribution in [0.3, 0.4) is 0 Å². The van der Waals surface area contributed by atoms with Gasteiger partial charge in [0.15, 0.2) is 0 Å². The van der Waals surface area contributed by atoms with Crippen molar-refractivity contribution in [1.82, 2.24) is 4.90 Å². The minimum Gasteiger partial charge on any atom is -0.462 e. The first kappa shape index (κ1) is 20.4. The number of allylic oxidation sites excluding steroid dienone is 2. The summed E-state index contributed by atoms with van der Waals surface area (Å²) in [4.78, 5) is 17.7. The Morgan fingerprint density at radius 2 is 2.03 bits per heavy atom. The molecule has 0 radical (unpaired) electrons. The number of esters is 1. The van der Waals surface area contributed by atoms with Gasteiger partial charge in [0.2, 0.25) is 0 Å². The molecular formula is C25H33ClN2O2. The van der Waals surface area contributed by atoms with Gasteiger partial charge < -0.3 is 9.64 Å². The van der Waals surface area contributed by atoms with Crippen LogP contribution in [-0.2, 0) is 9.53 Å². The second-order valence-corrected chi connectivity index (χ2v) is 10.5. The molecule has 4 aliphatic rings. The van der Waals surface area contributed by atoms with E-state index >= 15 is 0 Å². The van der Waals surface area contributed by atoms with E-state index in [4.69, 9.17) is 16.3 Å². The summed E-state index contributed by atoms with van der Waals surface area (Å²) in [6, 6.07) is 8.09. The lowest BCUT2D eigenvalue weighted by atomic mass is 9.59. The van der Waals surface area contributed by atoms with Crippen molar-refractivity contribution in [3.63, 3.8) is 0 Å². The summed E-state index contributed by atoms with van der Waals surface area (Å²) in [6.45, 7) is 9.45. The lowest BCUT2D eigenvalue weighted by molar-refractivity contribution is -0.145. The topological polar surface area (TPSA) is 32.8 Å². The van der Waals surface area contributed by atoms with Gasteiger partial charge in [0, 0.05) is 49.4 Å². The van der Waals surface area contributed by atoms with Crippen LogP contribution in [0.4, 0.5) is 5.69 Å². The summed E-state index contributed by atoms with van der Waals surface area (Å²) in [5.41, 5.74) is 4.66. The van der Waals surface area contributed by atoms with Crippen molar-refractivity contribution in [2.75, 3.05) is 37.6 Å². The molecule has 1 aromatic rings. The number of ether oxygens (including phenoxy) is 1. The summed E-state index contributed by atoms with van der Waals surface area (Å²) >= 11 is 6.16. The zero-order chi connectivity index (χ0) is 20.9. The Morgan fingerprint density at radius 3 is 2.80 bits per heavy atom. The summed E-state index contributed by atoms with van der Waals surface area (Å²) in [6.07, 6.45) is 5.96. The minimum absolute atomic E-state index is 0.0273. The molecule has 4 atom stereocenters. The highest BCUT2D eigenvalue weighted by Crippen LogP contribution is 2.55. The second-order valence-electron chi connectivity index (χ2n) is 10.1. The van der Waals surface area contributed by atoms with Crippen LogP contribution in [0.2, 0.25) is 5.02 Å². The molecule has 0 aromatic heterocycles. The van der Waals surface area contributed by atoms with Crippen LogP contribution >= 0.6 is 11.6 Å². The fourth-order valence-electron chi connectivity index (χ4n) is 6.46. The van der Waals surface area contributed by atoms with E-state index in [2.05, 4.69) is 29.7 Å². The third kappa shape index (κ3) is 3.67. The zero-order valence-corrected chi connectivity index (χ0v) is 19.0. The number of benzene rings is 1. The Labute approximate surface area is 185 Å². The van der Waals surface area contributed by atoms with Crippen LogP contribution in [0.1, 0.15) is 46.0 Å². The van der Waals surface area contributed by atoms with Gasteiger partial charge in [-0.3, -0.25) is 9.69 Å². The van der Waals surface area contributed by atoms with E-state index in [1.165, 1.54) is 24.9 Å². The molecule has 2 heterocycles. The molecule has 30 heavy (non-hydrogen) atoms. The van der Waals surface area contributed by atoms with Crippen molar-refractivity contribution in [1.29, 1.82) is 0 Å². The minimum atomic E-state index is 0.0273. The number of rotatable bonds is 3. The van der Waals surface area contributed by atoms with Crippen LogP contribution in [0, 0.1) is 17.3 Å². The SMILES string of the molecule is CC1=C2C[C@H]3[C@H](CN4CCN(c5cccc(Cl)c5)CC4)C(=O)O[C@@H]3C[C@@]2(C)CCC1. The van der Waals surface area contributed by atoms with E-state index < -0.39 is 0 Å². The van der Waals surface area contributed by atoms with Crippen LogP contribution in [0.5, 0.6) is 0 Å². The summed E-state index contributed by atoms with van der Waals surface area (Å²) in [5, 5.41) is 0.784. The lowest BCUT2D eigenvalue weighted by Gasteiger charge is -2.46. The van der Waals surface area contributed by atoms with Gasteiger partial charge in [-0.2, -0.15) is 0 Å². The quantitative estimate of drug-likeness (QED) is 0.505. The Balaban J connectivity index is 1.24. The maximum Gasteiger partial charge on any atom is 0.310 e. The number of halogens is 1. The number of nitrogens with zero attached hydrogens (tertiary/aromatic N) is 2. The highest BCUT2D eigenvalue weighted by molar-refractivity contribution is 6.30. The molecule has 2 aliphatic heterocycles. The fourth-order valence-corrected chi connectivity index (χ4v) is 6.65. The van der Waals surface area contributed by atoms with Crippen molar-refractivity contribution in [3.8, 4) is 0 Å². The molecule has 0 N–H and O–H groups in total. The van der Waals surface area contributed by atoms with E-state index in [0.29, 0.717) is 5.92 Å². The molecule has 3 fully saturated rings. The standard InChI is InChI=1S/C25H33ClN2O2/c1-17-5-4-8-25(2)15-23-20(14-22(17)25)21(24(29)30-23)16-27-9-11-28(12-10-27)19-7-3-6-18(26)13-19/h3,6-7,13,20-21,23H,4-5,8-12,14-16H2,1-2H3/t20-,21-,23+,25+/m0/s1. The van der Waals surface area contributed by atoms with Gasteiger partial charge in [0.25, 0.3) is 0 Å². The monoisotopic (exact) mass is 428 g/mol.